The van der Waals surface area contributed by atoms with E-state index in [1.165, 1.54) is 5.56 Å². The molecular formula is C16H21N5. The molecule has 0 spiro atoms. The summed E-state index contributed by atoms with van der Waals surface area (Å²) in [5.41, 5.74) is 2.28. The molecule has 1 N–H and O–H groups in total. The zero-order valence-electron chi connectivity index (χ0n) is 12.6. The monoisotopic (exact) mass is 283 g/mol. The molecule has 0 aromatic carbocycles. The van der Waals surface area contributed by atoms with Gasteiger partial charge in [0.2, 0.25) is 5.95 Å². The van der Waals surface area contributed by atoms with Crippen molar-refractivity contribution in [2.24, 2.45) is 0 Å². The minimum absolute atomic E-state index is 0.439. The smallest absolute Gasteiger partial charge is 0.222 e. The van der Waals surface area contributed by atoms with Crippen LogP contribution in [0.25, 0.3) is 0 Å². The van der Waals surface area contributed by atoms with E-state index < -0.39 is 0 Å². The van der Waals surface area contributed by atoms with Crippen molar-refractivity contribution in [2.45, 2.75) is 32.7 Å². The van der Waals surface area contributed by atoms with Gasteiger partial charge in [-0.1, -0.05) is 6.07 Å². The molecule has 0 amide bonds. The summed E-state index contributed by atoms with van der Waals surface area (Å²) in [5, 5.41) is 3.42. The van der Waals surface area contributed by atoms with Crippen molar-refractivity contribution in [1.29, 1.82) is 0 Å². The molecule has 0 atom stereocenters. The summed E-state index contributed by atoms with van der Waals surface area (Å²) in [7, 11) is 0. The van der Waals surface area contributed by atoms with Crippen molar-refractivity contribution < 1.29 is 0 Å². The summed E-state index contributed by atoms with van der Waals surface area (Å²) in [6, 6.07) is 4.66. The maximum absolute atomic E-state index is 4.50. The average molecular weight is 283 g/mol. The quantitative estimate of drug-likeness (QED) is 0.938. The Morgan fingerprint density at radius 1 is 0.952 bits per heavy atom. The predicted octanol–water partition coefficient (Wildman–Crippen LogP) is 2.57. The van der Waals surface area contributed by atoms with E-state index >= 15 is 0 Å². The van der Waals surface area contributed by atoms with Crippen LogP contribution in [0.15, 0.2) is 30.7 Å². The topological polar surface area (TPSA) is 53.9 Å². The van der Waals surface area contributed by atoms with Crippen molar-refractivity contribution in [3.05, 3.63) is 41.9 Å². The lowest BCUT2D eigenvalue weighted by atomic mass is 10.1. The summed E-state index contributed by atoms with van der Waals surface area (Å²) in [6.07, 6.45) is 7.78. The van der Waals surface area contributed by atoms with E-state index in [1.807, 2.05) is 25.5 Å². The molecule has 2 aromatic heterocycles. The van der Waals surface area contributed by atoms with Gasteiger partial charge in [-0.3, -0.25) is 0 Å². The van der Waals surface area contributed by atoms with Gasteiger partial charge in [-0.25, -0.2) is 15.0 Å². The molecular weight excluding hydrogens is 262 g/mol. The highest BCUT2D eigenvalue weighted by Gasteiger charge is 2.20. The number of pyridine rings is 1. The number of hydrogen-bond donors (Lipinski definition) is 1. The van der Waals surface area contributed by atoms with Crippen LogP contribution in [-0.4, -0.2) is 34.1 Å². The first kappa shape index (κ1) is 13.8. The fourth-order valence-corrected chi connectivity index (χ4v) is 2.55. The van der Waals surface area contributed by atoms with Gasteiger partial charge in [0.25, 0.3) is 0 Å². The van der Waals surface area contributed by atoms with Gasteiger partial charge in [0.1, 0.15) is 5.82 Å². The summed E-state index contributed by atoms with van der Waals surface area (Å²) in [5.74, 6) is 1.80. The molecule has 1 saturated heterocycles. The minimum atomic E-state index is 0.439. The van der Waals surface area contributed by atoms with Crippen molar-refractivity contribution in [2.75, 3.05) is 23.3 Å². The zero-order chi connectivity index (χ0) is 14.7. The molecule has 3 rings (SSSR count). The van der Waals surface area contributed by atoms with Crippen LogP contribution < -0.4 is 10.2 Å². The highest BCUT2D eigenvalue weighted by molar-refractivity contribution is 5.40. The fraction of sp³-hybridized carbons (Fsp3) is 0.438. The Morgan fingerprint density at radius 2 is 1.62 bits per heavy atom. The van der Waals surface area contributed by atoms with Crippen LogP contribution in [0.2, 0.25) is 0 Å². The van der Waals surface area contributed by atoms with E-state index in [0.29, 0.717) is 6.04 Å². The highest BCUT2D eigenvalue weighted by Crippen LogP contribution is 2.19. The molecule has 1 fully saturated rings. The Bertz CT molecular complexity index is 571. The molecule has 2 aromatic rings. The van der Waals surface area contributed by atoms with Gasteiger partial charge in [-0.05, 0) is 43.9 Å². The molecule has 0 bridgehead atoms. The molecule has 0 unspecified atom stereocenters. The summed E-state index contributed by atoms with van der Waals surface area (Å²) in [4.78, 5) is 15.5. The molecule has 5 heteroatoms. The van der Waals surface area contributed by atoms with Gasteiger partial charge in [0, 0.05) is 37.7 Å². The van der Waals surface area contributed by atoms with Crippen molar-refractivity contribution in [3.8, 4) is 0 Å². The molecule has 0 radical (unpaired) electrons. The maximum atomic E-state index is 4.50. The summed E-state index contributed by atoms with van der Waals surface area (Å²) >= 11 is 0. The van der Waals surface area contributed by atoms with Crippen LogP contribution in [0.4, 0.5) is 11.8 Å². The molecule has 0 aliphatic carbocycles. The first-order chi connectivity index (χ1) is 10.2. The highest BCUT2D eigenvalue weighted by atomic mass is 15.2. The Balaban J connectivity index is 1.55. The number of nitrogens with one attached hydrogen (secondary N) is 1. The van der Waals surface area contributed by atoms with E-state index in [4.69, 9.17) is 0 Å². The van der Waals surface area contributed by atoms with Gasteiger partial charge in [0.05, 0.1) is 0 Å². The van der Waals surface area contributed by atoms with Crippen LogP contribution in [0.1, 0.15) is 24.0 Å². The number of aromatic nitrogens is 3. The number of rotatable bonds is 3. The number of anilines is 2. The van der Waals surface area contributed by atoms with Crippen LogP contribution in [0, 0.1) is 13.8 Å². The van der Waals surface area contributed by atoms with Crippen molar-refractivity contribution in [3.63, 3.8) is 0 Å². The normalized spacial score (nSPS) is 16.0. The molecule has 21 heavy (non-hydrogen) atoms. The number of aryl methyl sites for hydroxylation is 2. The third-order valence-electron chi connectivity index (χ3n) is 3.83. The Hall–Kier alpha value is -2.17. The maximum Gasteiger partial charge on any atom is 0.222 e. The van der Waals surface area contributed by atoms with E-state index in [1.54, 1.807) is 0 Å². The van der Waals surface area contributed by atoms with Gasteiger partial charge in [0.15, 0.2) is 0 Å². The summed E-state index contributed by atoms with van der Waals surface area (Å²) < 4.78 is 0. The average Bonchev–Trinajstić information content (AvgIpc) is 2.51. The van der Waals surface area contributed by atoms with Crippen molar-refractivity contribution >= 4 is 11.8 Å². The third-order valence-corrected chi connectivity index (χ3v) is 3.83. The molecule has 5 nitrogen and oxygen atoms in total. The van der Waals surface area contributed by atoms with Crippen molar-refractivity contribution in [1.82, 2.24) is 15.0 Å². The number of nitrogens with zero attached hydrogens (tertiary/aromatic N) is 4. The third kappa shape index (κ3) is 3.48. The van der Waals surface area contributed by atoms with Gasteiger partial charge in [-0.15, -0.1) is 0 Å². The second-order valence-electron chi connectivity index (χ2n) is 5.68. The fourth-order valence-electron chi connectivity index (χ4n) is 2.55. The van der Waals surface area contributed by atoms with Crippen LogP contribution in [0.3, 0.4) is 0 Å². The lowest BCUT2D eigenvalue weighted by Gasteiger charge is -2.33. The Labute approximate surface area is 125 Å². The van der Waals surface area contributed by atoms with Crippen LogP contribution in [-0.2, 0) is 0 Å². The molecule has 0 saturated carbocycles. The number of hydrogen-bond acceptors (Lipinski definition) is 5. The second-order valence-corrected chi connectivity index (χ2v) is 5.68. The van der Waals surface area contributed by atoms with E-state index in [9.17, 15) is 0 Å². The lowest BCUT2D eigenvalue weighted by molar-refractivity contribution is 0.521. The Kier molecular flexibility index (Phi) is 3.99. The van der Waals surface area contributed by atoms with Gasteiger partial charge in [-0.2, -0.15) is 0 Å². The van der Waals surface area contributed by atoms with Crippen LogP contribution >= 0.6 is 0 Å². The van der Waals surface area contributed by atoms with E-state index in [0.717, 1.165) is 43.3 Å². The van der Waals surface area contributed by atoms with E-state index in [2.05, 4.69) is 44.2 Å². The molecule has 1 aliphatic rings. The standard InChI is InChI=1S/C16H21N5/c1-12-3-4-15(17-9-12)21-7-5-14(6-8-21)20-16-18-10-13(2)11-19-16/h3-4,9-11,14H,5-8H2,1-2H3,(H,18,19,20). The first-order valence-corrected chi connectivity index (χ1v) is 7.43. The predicted molar refractivity (Wildman–Crippen MR) is 84.6 cm³/mol. The molecule has 110 valence electrons. The largest absolute Gasteiger partial charge is 0.356 e. The van der Waals surface area contributed by atoms with E-state index in [-0.39, 0.29) is 0 Å². The zero-order valence-corrected chi connectivity index (χ0v) is 12.6. The van der Waals surface area contributed by atoms with Gasteiger partial charge < -0.3 is 10.2 Å². The molecule has 1 aliphatic heterocycles. The molecule has 3 heterocycles. The second kappa shape index (κ2) is 6.08. The Morgan fingerprint density at radius 3 is 2.24 bits per heavy atom. The summed E-state index contributed by atoms with van der Waals surface area (Å²) in [6.45, 7) is 6.09. The van der Waals surface area contributed by atoms with Crippen LogP contribution in [0.5, 0.6) is 0 Å². The SMILES string of the molecule is Cc1ccc(N2CCC(Nc3ncc(C)cn3)CC2)nc1. The lowest BCUT2D eigenvalue weighted by Crippen LogP contribution is -2.39. The van der Waals surface area contributed by atoms with Gasteiger partial charge >= 0.3 is 0 Å². The first-order valence-electron chi connectivity index (χ1n) is 7.43. The minimum Gasteiger partial charge on any atom is -0.356 e. The number of piperidine rings is 1.